The standard InChI is InChI=1S/C28H26ClN3O5S/c1-35-21-14-20(15-22(16-21)36-2)32-27(34)23-8-7-18(26(33)31-9-11-37-12-10-31)13-25(23)30-28(32)38-17-19-5-3-4-6-24(19)29/h3-8,13-16H,9-12,17H2,1-2H3. The number of amides is 1. The molecule has 1 aromatic heterocycles. The Bertz CT molecular complexity index is 1530. The molecule has 0 saturated carbocycles. The van der Waals surface area contributed by atoms with E-state index in [1.165, 1.54) is 11.8 Å². The van der Waals surface area contributed by atoms with Crippen molar-refractivity contribution in [2.24, 2.45) is 0 Å². The second-order valence-corrected chi connectivity index (χ2v) is 9.97. The molecule has 8 nitrogen and oxygen atoms in total. The van der Waals surface area contributed by atoms with E-state index in [1.807, 2.05) is 24.3 Å². The highest BCUT2D eigenvalue weighted by atomic mass is 35.5. The fourth-order valence-corrected chi connectivity index (χ4v) is 5.55. The van der Waals surface area contributed by atoms with Gasteiger partial charge in [0.05, 0.1) is 44.0 Å². The minimum atomic E-state index is -0.266. The Kier molecular flexibility index (Phi) is 7.87. The first-order chi connectivity index (χ1) is 18.5. The van der Waals surface area contributed by atoms with Gasteiger partial charge in [0, 0.05) is 47.6 Å². The third-order valence-electron chi connectivity index (χ3n) is 6.29. The average Bonchev–Trinajstić information content (AvgIpc) is 2.96. The van der Waals surface area contributed by atoms with Gasteiger partial charge in [-0.1, -0.05) is 41.6 Å². The first-order valence-electron chi connectivity index (χ1n) is 12.0. The summed E-state index contributed by atoms with van der Waals surface area (Å²) in [5.74, 6) is 1.47. The Labute approximate surface area is 229 Å². The number of halogens is 1. The quantitative estimate of drug-likeness (QED) is 0.240. The second kappa shape index (κ2) is 11.5. The largest absolute Gasteiger partial charge is 0.497 e. The molecule has 10 heteroatoms. The van der Waals surface area contributed by atoms with Gasteiger partial charge in [0.15, 0.2) is 5.16 Å². The lowest BCUT2D eigenvalue weighted by molar-refractivity contribution is 0.0303. The number of methoxy groups -OCH3 is 2. The van der Waals surface area contributed by atoms with Gasteiger partial charge < -0.3 is 19.1 Å². The minimum Gasteiger partial charge on any atom is -0.497 e. The second-order valence-electron chi connectivity index (χ2n) is 8.62. The molecule has 0 atom stereocenters. The Morgan fingerprint density at radius 2 is 1.74 bits per heavy atom. The molecular formula is C28H26ClN3O5S. The molecule has 1 aliphatic heterocycles. The first kappa shape index (κ1) is 26.1. The molecular weight excluding hydrogens is 526 g/mol. The summed E-state index contributed by atoms with van der Waals surface area (Å²) in [5, 5.41) is 1.48. The van der Waals surface area contributed by atoms with Crippen LogP contribution in [0.15, 0.2) is 70.6 Å². The fourth-order valence-electron chi connectivity index (χ4n) is 4.25. The van der Waals surface area contributed by atoms with E-state index < -0.39 is 0 Å². The predicted octanol–water partition coefficient (Wildman–Crippen LogP) is 4.82. The SMILES string of the molecule is COc1cc(OC)cc(-n2c(SCc3ccccc3Cl)nc3cc(C(=O)N4CCOCC4)ccc3c2=O)c1. The molecule has 1 saturated heterocycles. The van der Waals surface area contributed by atoms with Gasteiger partial charge in [-0.15, -0.1) is 0 Å². The Balaban J connectivity index is 1.63. The summed E-state index contributed by atoms with van der Waals surface area (Å²) in [6, 6.07) is 17.8. The van der Waals surface area contributed by atoms with Crippen LogP contribution in [0.2, 0.25) is 5.02 Å². The summed E-state index contributed by atoms with van der Waals surface area (Å²) in [7, 11) is 3.11. The number of morpholine rings is 1. The summed E-state index contributed by atoms with van der Waals surface area (Å²) >= 11 is 7.78. The number of hydrogen-bond donors (Lipinski definition) is 0. The molecule has 1 amide bonds. The summed E-state index contributed by atoms with van der Waals surface area (Å²) < 4.78 is 17.8. The third kappa shape index (κ3) is 5.36. The lowest BCUT2D eigenvalue weighted by atomic mass is 10.1. The van der Waals surface area contributed by atoms with Crippen molar-refractivity contribution in [3.05, 3.63) is 87.2 Å². The molecule has 38 heavy (non-hydrogen) atoms. The predicted molar refractivity (Wildman–Crippen MR) is 148 cm³/mol. The molecule has 5 rings (SSSR count). The van der Waals surface area contributed by atoms with E-state index in [4.69, 9.17) is 30.8 Å². The minimum absolute atomic E-state index is 0.107. The van der Waals surface area contributed by atoms with E-state index in [1.54, 1.807) is 60.1 Å². The Hall–Kier alpha value is -3.53. The zero-order chi connectivity index (χ0) is 26.6. The van der Waals surface area contributed by atoms with Crippen LogP contribution >= 0.6 is 23.4 Å². The number of hydrogen-bond acceptors (Lipinski definition) is 7. The van der Waals surface area contributed by atoms with Gasteiger partial charge in [0.2, 0.25) is 0 Å². The molecule has 4 aromatic rings. The van der Waals surface area contributed by atoms with Crippen molar-refractivity contribution in [3.8, 4) is 17.2 Å². The van der Waals surface area contributed by atoms with Crippen LogP contribution in [0.1, 0.15) is 15.9 Å². The number of benzene rings is 3. The molecule has 3 aromatic carbocycles. The summed E-state index contributed by atoms with van der Waals surface area (Å²) in [6.45, 7) is 2.08. The van der Waals surface area contributed by atoms with Gasteiger partial charge in [0.25, 0.3) is 11.5 Å². The zero-order valence-corrected chi connectivity index (χ0v) is 22.6. The zero-order valence-electron chi connectivity index (χ0n) is 21.0. The normalized spacial score (nSPS) is 13.5. The molecule has 2 heterocycles. The number of carbonyl (C=O) groups excluding carboxylic acids is 1. The van der Waals surface area contributed by atoms with Crippen LogP contribution in [-0.2, 0) is 10.5 Å². The van der Waals surface area contributed by atoms with Crippen molar-refractivity contribution >= 4 is 40.2 Å². The van der Waals surface area contributed by atoms with E-state index in [0.717, 1.165) is 5.56 Å². The summed E-state index contributed by atoms with van der Waals surface area (Å²) in [4.78, 5) is 33.6. The summed E-state index contributed by atoms with van der Waals surface area (Å²) in [5.41, 5.74) is 2.13. The van der Waals surface area contributed by atoms with Crippen LogP contribution in [0.5, 0.6) is 11.5 Å². The van der Waals surface area contributed by atoms with Crippen LogP contribution in [0, 0.1) is 0 Å². The third-order valence-corrected chi connectivity index (χ3v) is 7.65. The Morgan fingerprint density at radius 3 is 2.42 bits per heavy atom. The van der Waals surface area contributed by atoms with Crippen molar-refractivity contribution in [3.63, 3.8) is 0 Å². The molecule has 1 aliphatic rings. The van der Waals surface area contributed by atoms with Crippen molar-refractivity contribution in [1.82, 2.24) is 14.5 Å². The molecule has 0 spiro atoms. The van der Waals surface area contributed by atoms with Crippen molar-refractivity contribution in [2.45, 2.75) is 10.9 Å². The molecule has 0 N–H and O–H groups in total. The van der Waals surface area contributed by atoms with Gasteiger partial charge in [-0.3, -0.25) is 14.2 Å². The van der Waals surface area contributed by atoms with Crippen molar-refractivity contribution < 1.29 is 19.0 Å². The van der Waals surface area contributed by atoms with Gasteiger partial charge in [-0.05, 0) is 29.8 Å². The maximum absolute atomic E-state index is 13.9. The lowest BCUT2D eigenvalue weighted by Crippen LogP contribution is -2.40. The highest BCUT2D eigenvalue weighted by Gasteiger charge is 2.21. The van der Waals surface area contributed by atoms with Crippen LogP contribution in [-0.4, -0.2) is 60.9 Å². The van der Waals surface area contributed by atoms with E-state index in [2.05, 4.69) is 0 Å². The van der Waals surface area contributed by atoms with Crippen molar-refractivity contribution in [2.75, 3.05) is 40.5 Å². The number of aromatic nitrogens is 2. The maximum atomic E-state index is 13.9. The number of fused-ring (bicyclic) bond motifs is 1. The average molecular weight is 552 g/mol. The smallest absolute Gasteiger partial charge is 0.266 e. The maximum Gasteiger partial charge on any atom is 0.266 e. The molecule has 0 bridgehead atoms. The van der Waals surface area contributed by atoms with Crippen LogP contribution in [0.25, 0.3) is 16.6 Å². The molecule has 1 fully saturated rings. The fraction of sp³-hybridized carbons (Fsp3) is 0.250. The highest BCUT2D eigenvalue weighted by Crippen LogP contribution is 2.31. The number of carbonyl (C=O) groups is 1. The van der Waals surface area contributed by atoms with Crippen LogP contribution in [0.4, 0.5) is 0 Å². The van der Waals surface area contributed by atoms with Crippen molar-refractivity contribution in [1.29, 1.82) is 0 Å². The molecule has 196 valence electrons. The van der Waals surface area contributed by atoms with Crippen LogP contribution < -0.4 is 15.0 Å². The monoisotopic (exact) mass is 551 g/mol. The number of rotatable bonds is 7. The summed E-state index contributed by atoms with van der Waals surface area (Å²) in [6.07, 6.45) is 0. The highest BCUT2D eigenvalue weighted by molar-refractivity contribution is 7.98. The Morgan fingerprint density at radius 1 is 1.03 bits per heavy atom. The molecule has 0 aliphatic carbocycles. The lowest BCUT2D eigenvalue weighted by Gasteiger charge is -2.26. The van der Waals surface area contributed by atoms with Gasteiger partial charge in [-0.2, -0.15) is 0 Å². The topological polar surface area (TPSA) is 82.9 Å². The number of nitrogens with zero attached hydrogens (tertiary/aromatic N) is 3. The molecule has 0 radical (unpaired) electrons. The van der Waals surface area contributed by atoms with E-state index in [0.29, 0.717) is 75.9 Å². The van der Waals surface area contributed by atoms with E-state index in [9.17, 15) is 9.59 Å². The van der Waals surface area contributed by atoms with E-state index >= 15 is 0 Å². The number of ether oxygens (including phenoxy) is 3. The van der Waals surface area contributed by atoms with Crippen LogP contribution in [0.3, 0.4) is 0 Å². The van der Waals surface area contributed by atoms with E-state index in [-0.39, 0.29) is 11.5 Å². The van der Waals surface area contributed by atoms with Gasteiger partial charge in [-0.25, -0.2) is 4.98 Å². The van der Waals surface area contributed by atoms with Gasteiger partial charge >= 0.3 is 0 Å². The first-order valence-corrected chi connectivity index (χ1v) is 13.4. The van der Waals surface area contributed by atoms with Gasteiger partial charge in [0.1, 0.15) is 11.5 Å². The molecule has 0 unspecified atom stereocenters. The number of thioether (sulfide) groups is 1.